The average Bonchev–Trinajstić information content (AvgIpc) is 3.23. The molecule has 172 valence electrons. The van der Waals surface area contributed by atoms with Crippen LogP contribution in [0.5, 0.6) is 0 Å². The SMILES string of the molecule is OB(O)c1ccc2c3cc4c(cc3n(-c3nc(-c5ccccc5)nc(-c5ccccc5)n3)c2c1)CC4. The molecule has 2 heterocycles. The van der Waals surface area contributed by atoms with E-state index < -0.39 is 7.12 Å². The third kappa shape index (κ3) is 3.32. The standard InChI is InChI=1S/C29H21BN4O2/c35-30(36)22-13-14-23-24-15-20-11-12-21(20)16-25(24)34(26(23)17-22)29-32-27(18-7-3-1-4-8-18)31-28(33-29)19-9-5-2-6-10-19/h1-10,13-17,35-36H,11-12H2. The monoisotopic (exact) mass is 468 g/mol. The van der Waals surface area contributed by atoms with E-state index >= 15 is 0 Å². The largest absolute Gasteiger partial charge is 0.488 e. The average molecular weight is 468 g/mol. The van der Waals surface area contributed by atoms with Gasteiger partial charge >= 0.3 is 7.12 Å². The van der Waals surface area contributed by atoms with Crippen LogP contribution in [0, 0.1) is 0 Å². The molecule has 0 saturated heterocycles. The number of nitrogens with zero attached hydrogens (tertiary/aromatic N) is 4. The number of aryl methyl sites for hydroxylation is 2. The van der Waals surface area contributed by atoms with Crippen molar-refractivity contribution in [1.29, 1.82) is 0 Å². The second-order valence-corrected chi connectivity index (χ2v) is 9.14. The van der Waals surface area contributed by atoms with E-state index in [1.807, 2.05) is 77.4 Å². The Morgan fingerprint density at radius 1 is 0.611 bits per heavy atom. The van der Waals surface area contributed by atoms with Crippen molar-refractivity contribution < 1.29 is 10.0 Å². The molecule has 1 aliphatic rings. The molecule has 0 radical (unpaired) electrons. The molecule has 0 fully saturated rings. The summed E-state index contributed by atoms with van der Waals surface area (Å²) >= 11 is 0. The molecule has 6 nitrogen and oxygen atoms in total. The third-order valence-electron chi connectivity index (χ3n) is 6.96. The van der Waals surface area contributed by atoms with Crippen LogP contribution in [0.1, 0.15) is 11.1 Å². The first-order chi connectivity index (χ1) is 17.7. The van der Waals surface area contributed by atoms with Crippen LogP contribution >= 0.6 is 0 Å². The second-order valence-electron chi connectivity index (χ2n) is 9.14. The Kier molecular flexibility index (Phi) is 4.74. The molecule has 0 aliphatic heterocycles. The highest BCUT2D eigenvalue weighted by Gasteiger charge is 2.23. The summed E-state index contributed by atoms with van der Waals surface area (Å²) in [6.07, 6.45) is 2.13. The van der Waals surface area contributed by atoms with Crippen molar-refractivity contribution in [2.45, 2.75) is 12.8 Å². The van der Waals surface area contributed by atoms with Crippen molar-refractivity contribution in [2.75, 3.05) is 0 Å². The van der Waals surface area contributed by atoms with E-state index in [0.717, 1.165) is 45.8 Å². The maximum atomic E-state index is 9.91. The molecular weight excluding hydrogens is 447 g/mol. The van der Waals surface area contributed by atoms with Crippen molar-refractivity contribution >= 4 is 34.4 Å². The predicted molar refractivity (Wildman–Crippen MR) is 142 cm³/mol. The quantitative estimate of drug-likeness (QED) is 0.381. The van der Waals surface area contributed by atoms with Crippen LogP contribution in [-0.4, -0.2) is 36.7 Å². The van der Waals surface area contributed by atoms with Crippen molar-refractivity contribution in [3.05, 3.63) is 102 Å². The summed E-state index contributed by atoms with van der Waals surface area (Å²) < 4.78 is 2.02. The highest BCUT2D eigenvalue weighted by atomic mass is 16.4. The first kappa shape index (κ1) is 21.0. The van der Waals surface area contributed by atoms with Crippen LogP contribution in [0.15, 0.2) is 91.0 Å². The van der Waals surface area contributed by atoms with E-state index in [0.29, 0.717) is 23.1 Å². The van der Waals surface area contributed by atoms with Gasteiger partial charge in [-0.15, -0.1) is 0 Å². The molecule has 2 N–H and O–H groups in total. The number of hydrogen-bond donors (Lipinski definition) is 2. The Bertz CT molecular complexity index is 1710. The van der Waals surface area contributed by atoms with Crippen LogP contribution in [-0.2, 0) is 12.8 Å². The van der Waals surface area contributed by atoms with E-state index in [1.54, 1.807) is 6.07 Å². The molecule has 0 amide bonds. The lowest BCUT2D eigenvalue weighted by Crippen LogP contribution is -2.29. The van der Waals surface area contributed by atoms with Crippen LogP contribution in [0.3, 0.4) is 0 Å². The summed E-state index contributed by atoms with van der Waals surface area (Å²) in [5.74, 6) is 1.65. The van der Waals surface area contributed by atoms with Gasteiger partial charge in [-0.25, -0.2) is 4.98 Å². The van der Waals surface area contributed by atoms with Crippen molar-refractivity contribution in [2.24, 2.45) is 0 Å². The maximum absolute atomic E-state index is 9.91. The van der Waals surface area contributed by atoms with Gasteiger partial charge in [0, 0.05) is 21.9 Å². The minimum atomic E-state index is -1.57. The Hall–Kier alpha value is -4.33. The molecule has 0 bridgehead atoms. The van der Waals surface area contributed by atoms with Gasteiger partial charge in [0.1, 0.15) is 0 Å². The Labute approximate surface area is 207 Å². The van der Waals surface area contributed by atoms with Gasteiger partial charge in [0.25, 0.3) is 0 Å². The molecular formula is C29H21BN4O2. The van der Waals surface area contributed by atoms with Gasteiger partial charge in [0.2, 0.25) is 5.95 Å². The lowest BCUT2D eigenvalue weighted by Gasteiger charge is -2.19. The summed E-state index contributed by atoms with van der Waals surface area (Å²) in [5, 5.41) is 21.9. The summed E-state index contributed by atoms with van der Waals surface area (Å²) in [5.41, 5.74) is 6.72. The fourth-order valence-electron chi connectivity index (χ4n) is 5.00. The molecule has 0 spiro atoms. The Morgan fingerprint density at radius 3 is 1.78 bits per heavy atom. The maximum Gasteiger partial charge on any atom is 0.488 e. The van der Waals surface area contributed by atoms with Crippen molar-refractivity contribution in [1.82, 2.24) is 19.5 Å². The highest BCUT2D eigenvalue weighted by molar-refractivity contribution is 6.59. The lowest BCUT2D eigenvalue weighted by molar-refractivity contribution is 0.426. The zero-order valence-corrected chi connectivity index (χ0v) is 19.3. The van der Waals surface area contributed by atoms with E-state index in [9.17, 15) is 10.0 Å². The molecule has 1 aliphatic carbocycles. The normalized spacial score (nSPS) is 12.5. The molecule has 0 unspecified atom stereocenters. The highest BCUT2D eigenvalue weighted by Crippen LogP contribution is 2.36. The van der Waals surface area contributed by atoms with Crippen LogP contribution in [0.4, 0.5) is 0 Å². The Morgan fingerprint density at radius 2 is 1.19 bits per heavy atom. The molecule has 2 aromatic heterocycles. The van der Waals surface area contributed by atoms with E-state index in [-0.39, 0.29) is 0 Å². The van der Waals surface area contributed by atoms with Crippen LogP contribution in [0.25, 0.3) is 50.5 Å². The fraction of sp³-hybridized carbons (Fsp3) is 0.0690. The summed E-state index contributed by atoms with van der Waals surface area (Å²) in [4.78, 5) is 14.7. The van der Waals surface area contributed by atoms with Crippen molar-refractivity contribution in [3.8, 4) is 28.7 Å². The fourth-order valence-corrected chi connectivity index (χ4v) is 5.00. The van der Waals surface area contributed by atoms with E-state index in [2.05, 4.69) is 12.1 Å². The first-order valence-electron chi connectivity index (χ1n) is 12.0. The minimum Gasteiger partial charge on any atom is -0.423 e. The topological polar surface area (TPSA) is 84.1 Å². The summed E-state index contributed by atoms with van der Waals surface area (Å²) in [7, 11) is -1.57. The zero-order valence-electron chi connectivity index (χ0n) is 19.3. The lowest BCUT2D eigenvalue weighted by atomic mass is 9.80. The van der Waals surface area contributed by atoms with Gasteiger partial charge in [-0.2, -0.15) is 9.97 Å². The molecule has 6 aromatic rings. The molecule has 36 heavy (non-hydrogen) atoms. The van der Waals surface area contributed by atoms with Gasteiger partial charge in [-0.05, 0) is 47.6 Å². The number of rotatable bonds is 4. The second kappa shape index (κ2) is 8.12. The molecule has 7 heteroatoms. The zero-order chi connectivity index (χ0) is 24.2. The molecule has 7 rings (SSSR count). The van der Waals surface area contributed by atoms with Gasteiger partial charge in [-0.3, -0.25) is 4.57 Å². The smallest absolute Gasteiger partial charge is 0.423 e. The van der Waals surface area contributed by atoms with E-state index in [4.69, 9.17) is 15.0 Å². The van der Waals surface area contributed by atoms with Gasteiger partial charge in [0.15, 0.2) is 11.6 Å². The van der Waals surface area contributed by atoms with E-state index in [1.165, 1.54) is 11.1 Å². The third-order valence-corrected chi connectivity index (χ3v) is 6.96. The van der Waals surface area contributed by atoms with Crippen LogP contribution < -0.4 is 5.46 Å². The van der Waals surface area contributed by atoms with Gasteiger partial charge in [0.05, 0.1) is 11.0 Å². The Balaban J connectivity index is 1.57. The van der Waals surface area contributed by atoms with Gasteiger partial charge < -0.3 is 10.0 Å². The predicted octanol–water partition coefficient (Wildman–Crippen LogP) is 4.08. The number of fused-ring (bicyclic) bond motifs is 4. The number of hydrogen-bond acceptors (Lipinski definition) is 5. The summed E-state index contributed by atoms with van der Waals surface area (Å²) in [6.45, 7) is 0. The van der Waals surface area contributed by atoms with Crippen LogP contribution in [0.2, 0.25) is 0 Å². The summed E-state index contributed by atoms with van der Waals surface area (Å²) in [6, 6.07) is 29.8. The molecule has 4 aromatic carbocycles. The number of aromatic nitrogens is 4. The van der Waals surface area contributed by atoms with Crippen molar-refractivity contribution in [3.63, 3.8) is 0 Å². The molecule has 0 atom stereocenters. The first-order valence-corrected chi connectivity index (χ1v) is 12.0. The molecule has 0 saturated carbocycles. The number of benzene rings is 4. The van der Waals surface area contributed by atoms with Gasteiger partial charge in [-0.1, -0.05) is 72.8 Å². The minimum absolute atomic E-state index is 0.419.